The normalized spacial score (nSPS) is 7.29. The SMILES string of the molecule is CCOC(N)=O.O=C(O)CC#CCI. The second-order valence-electron chi connectivity index (χ2n) is 1.81. The van der Waals surface area contributed by atoms with Gasteiger partial charge in [-0.2, -0.15) is 0 Å². The lowest BCUT2D eigenvalue weighted by Crippen LogP contribution is -2.11. The summed E-state index contributed by atoms with van der Waals surface area (Å²) in [6.07, 6.45) is -0.749. The zero-order valence-electron chi connectivity index (χ0n) is 7.75. The highest BCUT2D eigenvalue weighted by molar-refractivity contribution is 14.1. The molecule has 0 bridgehead atoms. The molecule has 0 unspecified atom stereocenters. The van der Waals surface area contributed by atoms with Gasteiger partial charge in [0.2, 0.25) is 0 Å². The number of ether oxygens (including phenoxy) is 1. The van der Waals surface area contributed by atoms with Crippen molar-refractivity contribution in [3.63, 3.8) is 0 Å². The number of halogens is 1. The van der Waals surface area contributed by atoms with Crippen molar-refractivity contribution in [1.29, 1.82) is 0 Å². The Hall–Kier alpha value is -0.970. The number of amides is 1. The summed E-state index contributed by atoms with van der Waals surface area (Å²) in [5.74, 6) is 4.25. The summed E-state index contributed by atoms with van der Waals surface area (Å²) in [6.45, 7) is 2.06. The van der Waals surface area contributed by atoms with Gasteiger partial charge >= 0.3 is 12.1 Å². The van der Waals surface area contributed by atoms with Gasteiger partial charge in [-0.25, -0.2) is 4.79 Å². The zero-order chi connectivity index (χ0) is 11.4. The second kappa shape index (κ2) is 12.0. The van der Waals surface area contributed by atoms with Crippen molar-refractivity contribution in [3.8, 4) is 11.8 Å². The summed E-state index contributed by atoms with van der Waals surface area (Å²) in [5, 5.41) is 8.04. The van der Waals surface area contributed by atoms with Crippen molar-refractivity contribution in [3.05, 3.63) is 0 Å². The summed E-state index contributed by atoms with van der Waals surface area (Å²) >= 11 is 2.07. The molecule has 0 aliphatic carbocycles. The quantitative estimate of drug-likeness (QED) is 0.452. The third kappa shape index (κ3) is 22.5. The van der Waals surface area contributed by atoms with Gasteiger partial charge in [-0.1, -0.05) is 34.4 Å². The minimum atomic E-state index is -0.859. The highest BCUT2D eigenvalue weighted by Gasteiger charge is 1.86. The fraction of sp³-hybridized carbons (Fsp3) is 0.500. The highest BCUT2D eigenvalue weighted by atomic mass is 127. The molecule has 0 spiro atoms. The first-order chi connectivity index (χ1) is 6.54. The van der Waals surface area contributed by atoms with Gasteiger partial charge in [0, 0.05) is 0 Å². The Morgan fingerprint density at radius 1 is 1.50 bits per heavy atom. The van der Waals surface area contributed by atoms with E-state index in [0.717, 1.165) is 0 Å². The Morgan fingerprint density at radius 2 is 2.07 bits per heavy atom. The predicted octanol–water partition coefficient (Wildman–Crippen LogP) is 1.00. The van der Waals surface area contributed by atoms with Crippen molar-refractivity contribution < 1.29 is 19.4 Å². The molecule has 0 aromatic carbocycles. The fourth-order valence-electron chi connectivity index (χ4n) is 0.328. The molecule has 0 radical (unpaired) electrons. The zero-order valence-corrected chi connectivity index (χ0v) is 9.91. The van der Waals surface area contributed by atoms with E-state index in [1.165, 1.54) is 0 Å². The Kier molecular flexibility index (Phi) is 13.3. The number of carboxylic acid groups (broad SMARTS) is 1. The molecule has 0 aliphatic rings. The number of alkyl halides is 1. The summed E-state index contributed by atoms with van der Waals surface area (Å²) in [6, 6.07) is 0. The number of aliphatic carboxylic acids is 1. The molecule has 14 heavy (non-hydrogen) atoms. The second-order valence-corrected chi connectivity index (χ2v) is 2.57. The van der Waals surface area contributed by atoms with E-state index in [1.807, 2.05) is 0 Å². The number of carbonyl (C=O) groups excluding carboxylic acids is 1. The minimum absolute atomic E-state index is 0.0387. The third-order valence-electron chi connectivity index (χ3n) is 0.718. The number of primary amides is 1. The number of hydrogen-bond donors (Lipinski definition) is 2. The first-order valence-corrected chi connectivity index (χ1v) is 5.22. The number of nitrogens with two attached hydrogens (primary N) is 1. The van der Waals surface area contributed by atoms with Crippen molar-refractivity contribution in [1.82, 2.24) is 0 Å². The Balaban J connectivity index is 0. The van der Waals surface area contributed by atoms with Crippen LogP contribution in [0.1, 0.15) is 13.3 Å². The van der Waals surface area contributed by atoms with E-state index in [4.69, 9.17) is 5.11 Å². The molecule has 80 valence electrons. The first kappa shape index (κ1) is 15.5. The molecule has 0 fully saturated rings. The molecular weight excluding hydrogens is 301 g/mol. The molecule has 5 nitrogen and oxygen atoms in total. The third-order valence-corrected chi connectivity index (χ3v) is 1.10. The molecule has 0 saturated heterocycles. The van der Waals surface area contributed by atoms with Crippen LogP contribution >= 0.6 is 22.6 Å². The maximum absolute atomic E-state index is 9.77. The molecule has 0 heterocycles. The van der Waals surface area contributed by atoms with Gasteiger partial charge in [-0.3, -0.25) is 4.79 Å². The Bertz CT molecular complexity index is 231. The number of rotatable bonds is 2. The van der Waals surface area contributed by atoms with Crippen LogP contribution in [0.4, 0.5) is 4.79 Å². The number of carbonyl (C=O) groups is 2. The molecule has 3 N–H and O–H groups in total. The molecule has 0 rings (SSSR count). The highest BCUT2D eigenvalue weighted by Crippen LogP contribution is 1.77. The molecule has 0 atom stereocenters. The molecular formula is C8H12INO4. The van der Waals surface area contributed by atoms with Gasteiger partial charge in [0.15, 0.2) is 0 Å². The maximum Gasteiger partial charge on any atom is 0.404 e. The largest absolute Gasteiger partial charge is 0.481 e. The van der Waals surface area contributed by atoms with Crippen LogP contribution in [0.25, 0.3) is 0 Å². The summed E-state index contributed by atoms with van der Waals surface area (Å²) in [4.78, 5) is 19.4. The van der Waals surface area contributed by atoms with Gasteiger partial charge in [-0.15, -0.1) is 0 Å². The molecule has 0 saturated carbocycles. The van der Waals surface area contributed by atoms with Crippen LogP contribution in [0.3, 0.4) is 0 Å². The van der Waals surface area contributed by atoms with Crippen molar-refractivity contribution >= 4 is 34.7 Å². The molecule has 0 aliphatic heterocycles. The van der Waals surface area contributed by atoms with Crippen LogP contribution in [0.15, 0.2) is 0 Å². The Morgan fingerprint density at radius 3 is 2.29 bits per heavy atom. The number of hydrogen-bond acceptors (Lipinski definition) is 3. The standard InChI is InChI=1S/C5H5IO2.C3H7NO2/c6-4-2-1-3-5(7)8;1-2-6-3(4)5/h3-4H2,(H,7,8);2H2,1H3,(H2,4,5). The maximum atomic E-state index is 9.77. The average Bonchev–Trinajstić information content (AvgIpc) is 2.05. The lowest BCUT2D eigenvalue weighted by Gasteiger charge is -1.89. The number of carboxylic acids is 1. The lowest BCUT2D eigenvalue weighted by atomic mass is 10.4. The van der Waals surface area contributed by atoms with Gasteiger partial charge in [0.25, 0.3) is 0 Å². The lowest BCUT2D eigenvalue weighted by molar-refractivity contribution is -0.135. The van der Waals surface area contributed by atoms with E-state index >= 15 is 0 Å². The molecule has 6 heteroatoms. The van der Waals surface area contributed by atoms with Crippen molar-refractivity contribution in [2.45, 2.75) is 13.3 Å². The van der Waals surface area contributed by atoms with Crippen LogP contribution in [0.2, 0.25) is 0 Å². The van der Waals surface area contributed by atoms with Crippen molar-refractivity contribution in [2.75, 3.05) is 11.0 Å². The average molecular weight is 313 g/mol. The van der Waals surface area contributed by atoms with Gasteiger partial charge in [0.05, 0.1) is 11.0 Å². The van der Waals surface area contributed by atoms with E-state index in [2.05, 4.69) is 44.9 Å². The van der Waals surface area contributed by atoms with E-state index in [-0.39, 0.29) is 6.42 Å². The van der Waals surface area contributed by atoms with E-state index < -0.39 is 12.1 Å². The Labute approximate surface area is 96.1 Å². The fourth-order valence-corrected chi connectivity index (χ4v) is 0.597. The summed E-state index contributed by atoms with van der Waals surface area (Å²) < 4.78 is 4.88. The summed E-state index contributed by atoms with van der Waals surface area (Å²) in [7, 11) is 0. The van der Waals surface area contributed by atoms with Crippen LogP contribution in [0, 0.1) is 11.8 Å². The van der Waals surface area contributed by atoms with Crippen LogP contribution < -0.4 is 5.73 Å². The summed E-state index contributed by atoms with van der Waals surface area (Å²) in [5.41, 5.74) is 4.54. The molecule has 0 aromatic rings. The van der Waals surface area contributed by atoms with E-state index in [0.29, 0.717) is 11.0 Å². The molecule has 1 amide bonds. The van der Waals surface area contributed by atoms with E-state index in [1.54, 1.807) is 6.92 Å². The van der Waals surface area contributed by atoms with Crippen LogP contribution in [-0.4, -0.2) is 28.2 Å². The monoisotopic (exact) mass is 313 g/mol. The molecule has 0 aromatic heterocycles. The first-order valence-electron chi connectivity index (χ1n) is 3.70. The van der Waals surface area contributed by atoms with Crippen LogP contribution in [0.5, 0.6) is 0 Å². The van der Waals surface area contributed by atoms with E-state index in [9.17, 15) is 9.59 Å². The predicted molar refractivity (Wildman–Crippen MR) is 60.1 cm³/mol. The smallest absolute Gasteiger partial charge is 0.404 e. The van der Waals surface area contributed by atoms with Crippen LogP contribution in [-0.2, 0) is 9.53 Å². The van der Waals surface area contributed by atoms with Crippen molar-refractivity contribution in [2.24, 2.45) is 5.73 Å². The van der Waals surface area contributed by atoms with Gasteiger partial charge < -0.3 is 15.6 Å². The van der Waals surface area contributed by atoms with Gasteiger partial charge in [0.1, 0.15) is 6.42 Å². The topological polar surface area (TPSA) is 89.6 Å². The minimum Gasteiger partial charge on any atom is -0.481 e. The van der Waals surface area contributed by atoms with Gasteiger partial charge in [-0.05, 0) is 6.92 Å².